The highest BCUT2D eigenvalue weighted by Crippen LogP contribution is 2.35. The van der Waals surface area contributed by atoms with Crippen molar-refractivity contribution in [3.8, 4) is 16.6 Å². The maximum absolute atomic E-state index is 13.0. The lowest BCUT2D eigenvalue weighted by molar-refractivity contribution is -0.0885. The molecule has 2 heterocycles. The molecular formula is C19H11F3N2OS2. The van der Waals surface area contributed by atoms with Crippen LogP contribution in [0.15, 0.2) is 58.9 Å². The van der Waals surface area contributed by atoms with Crippen molar-refractivity contribution in [2.45, 2.75) is 17.0 Å². The molecule has 0 bridgehead atoms. The zero-order chi connectivity index (χ0) is 19.4. The van der Waals surface area contributed by atoms with Crippen molar-refractivity contribution in [2.75, 3.05) is 0 Å². The van der Waals surface area contributed by atoms with Gasteiger partial charge in [0, 0.05) is 5.75 Å². The van der Waals surface area contributed by atoms with Gasteiger partial charge in [-0.15, -0.1) is 23.1 Å². The van der Waals surface area contributed by atoms with Crippen molar-refractivity contribution in [1.29, 1.82) is 5.26 Å². The number of carbonyl (C=O) groups excluding carboxylic acids is 1. The highest BCUT2D eigenvalue weighted by molar-refractivity contribution is 7.98. The highest BCUT2D eigenvalue weighted by Gasteiger charge is 2.41. The number of thioether (sulfide) groups is 1. The van der Waals surface area contributed by atoms with Crippen molar-refractivity contribution in [3.05, 3.63) is 70.6 Å². The maximum atomic E-state index is 13.0. The molecule has 3 nitrogen and oxygen atoms in total. The van der Waals surface area contributed by atoms with Crippen LogP contribution in [0, 0.1) is 11.3 Å². The number of Topliss-reactive ketones (excluding diaryl/α,β-unsaturated/α-hetero) is 1. The number of aromatic nitrogens is 1. The van der Waals surface area contributed by atoms with E-state index in [2.05, 4.69) is 4.98 Å². The van der Waals surface area contributed by atoms with Gasteiger partial charge in [-0.05, 0) is 23.1 Å². The summed E-state index contributed by atoms with van der Waals surface area (Å²) in [6.07, 6.45) is -5.04. The Morgan fingerprint density at radius 1 is 1.19 bits per heavy atom. The molecule has 0 fully saturated rings. The first-order chi connectivity index (χ1) is 12.9. The Morgan fingerprint density at radius 3 is 2.52 bits per heavy atom. The summed E-state index contributed by atoms with van der Waals surface area (Å²) in [5, 5.41) is 11.3. The molecule has 2 aromatic heterocycles. The average molecular weight is 404 g/mol. The number of ketones is 1. The minimum Gasteiger partial charge on any atom is -0.284 e. The van der Waals surface area contributed by atoms with E-state index in [1.54, 1.807) is 17.5 Å². The van der Waals surface area contributed by atoms with E-state index in [4.69, 9.17) is 0 Å². The molecule has 0 amide bonds. The van der Waals surface area contributed by atoms with Crippen molar-refractivity contribution in [3.63, 3.8) is 0 Å². The number of hydrogen-bond donors (Lipinski definition) is 0. The van der Waals surface area contributed by atoms with Gasteiger partial charge in [0.05, 0.1) is 21.7 Å². The highest BCUT2D eigenvalue weighted by atomic mass is 32.2. The van der Waals surface area contributed by atoms with E-state index in [0.717, 1.165) is 11.6 Å². The zero-order valence-corrected chi connectivity index (χ0v) is 15.3. The van der Waals surface area contributed by atoms with E-state index in [1.807, 2.05) is 36.4 Å². The molecule has 0 saturated heterocycles. The van der Waals surface area contributed by atoms with Gasteiger partial charge in [-0.3, -0.25) is 4.79 Å². The molecule has 3 rings (SSSR count). The van der Waals surface area contributed by atoms with Crippen LogP contribution >= 0.6 is 23.1 Å². The second-order valence-electron chi connectivity index (χ2n) is 5.43. The number of pyridine rings is 1. The van der Waals surface area contributed by atoms with Crippen LogP contribution in [0.25, 0.3) is 10.6 Å². The molecule has 0 N–H and O–H groups in total. The van der Waals surface area contributed by atoms with Gasteiger partial charge in [0.15, 0.2) is 0 Å². The first-order valence-electron chi connectivity index (χ1n) is 7.67. The number of thiophene rings is 1. The standard InChI is InChI=1S/C19H11F3N2OS2/c20-19(21,22)17(25)14-9-13(10-23)18(24-16(14)15-7-4-8-26-15)27-11-12-5-2-1-3-6-12/h1-9H,11H2. The van der Waals surface area contributed by atoms with Gasteiger partial charge < -0.3 is 0 Å². The predicted molar refractivity (Wildman–Crippen MR) is 98.7 cm³/mol. The van der Waals surface area contributed by atoms with Crippen LogP contribution in [0.3, 0.4) is 0 Å². The smallest absolute Gasteiger partial charge is 0.284 e. The fourth-order valence-corrected chi connectivity index (χ4v) is 3.98. The van der Waals surface area contributed by atoms with Gasteiger partial charge in [-0.1, -0.05) is 36.4 Å². The minimum atomic E-state index is -5.04. The van der Waals surface area contributed by atoms with E-state index in [9.17, 15) is 23.2 Å². The first kappa shape index (κ1) is 19.1. The van der Waals surface area contributed by atoms with E-state index in [1.165, 1.54) is 23.1 Å². The van der Waals surface area contributed by atoms with Crippen LogP contribution < -0.4 is 0 Å². The van der Waals surface area contributed by atoms with Crippen LogP contribution in [-0.2, 0) is 5.75 Å². The Morgan fingerprint density at radius 2 is 1.93 bits per heavy atom. The fourth-order valence-electron chi connectivity index (χ4n) is 2.34. The third-order valence-electron chi connectivity index (χ3n) is 3.58. The molecule has 136 valence electrons. The zero-order valence-electron chi connectivity index (χ0n) is 13.7. The molecule has 0 atom stereocenters. The van der Waals surface area contributed by atoms with Gasteiger partial charge in [-0.2, -0.15) is 18.4 Å². The van der Waals surface area contributed by atoms with Crippen LogP contribution in [0.1, 0.15) is 21.5 Å². The Labute approximate surface area is 161 Å². The van der Waals surface area contributed by atoms with Gasteiger partial charge in [0.1, 0.15) is 11.1 Å². The summed E-state index contributed by atoms with van der Waals surface area (Å²) < 4.78 is 39.0. The monoisotopic (exact) mass is 404 g/mol. The van der Waals surface area contributed by atoms with E-state index in [0.29, 0.717) is 15.7 Å². The number of rotatable bonds is 5. The second kappa shape index (κ2) is 7.94. The molecule has 3 aromatic rings. The summed E-state index contributed by atoms with van der Waals surface area (Å²) in [6, 6.07) is 15.5. The first-order valence-corrected chi connectivity index (χ1v) is 9.54. The SMILES string of the molecule is N#Cc1cc(C(=O)C(F)(F)F)c(-c2cccs2)nc1SCc1ccccc1. The van der Waals surface area contributed by atoms with Crippen molar-refractivity contribution < 1.29 is 18.0 Å². The number of carbonyl (C=O) groups is 1. The number of hydrogen-bond acceptors (Lipinski definition) is 5. The fraction of sp³-hybridized carbons (Fsp3) is 0.105. The summed E-state index contributed by atoms with van der Waals surface area (Å²) in [5.41, 5.74) is 0.276. The quantitative estimate of drug-likeness (QED) is 0.403. The molecule has 0 unspecified atom stereocenters. The Balaban J connectivity index is 2.06. The van der Waals surface area contributed by atoms with E-state index in [-0.39, 0.29) is 11.3 Å². The van der Waals surface area contributed by atoms with Crippen LogP contribution in [0.5, 0.6) is 0 Å². The molecule has 27 heavy (non-hydrogen) atoms. The second-order valence-corrected chi connectivity index (χ2v) is 7.34. The molecule has 0 saturated carbocycles. The topological polar surface area (TPSA) is 53.8 Å². The Bertz CT molecular complexity index is 994. The third-order valence-corrected chi connectivity index (χ3v) is 5.52. The van der Waals surface area contributed by atoms with Crippen LogP contribution in [0.4, 0.5) is 13.2 Å². The van der Waals surface area contributed by atoms with Crippen molar-refractivity contribution >= 4 is 28.9 Å². The predicted octanol–water partition coefficient (Wildman–Crippen LogP) is 5.72. The van der Waals surface area contributed by atoms with Gasteiger partial charge in [0.2, 0.25) is 0 Å². The summed E-state index contributed by atoms with van der Waals surface area (Å²) in [4.78, 5) is 16.6. The van der Waals surface area contributed by atoms with Gasteiger partial charge >= 0.3 is 6.18 Å². The van der Waals surface area contributed by atoms with E-state index >= 15 is 0 Å². The molecule has 0 aliphatic carbocycles. The Kier molecular flexibility index (Phi) is 5.63. The lowest BCUT2D eigenvalue weighted by atomic mass is 10.1. The molecule has 8 heteroatoms. The van der Waals surface area contributed by atoms with Gasteiger partial charge in [-0.25, -0.2) is 4.98 Å². The number of benzene rings is 1. The van der Waals surface area contributed by atoms with Crippen LogP contribution in [0.2, 0.25) is 0 Å². The average Bonchev–Trinajstić information content (AvgIpc) is 3.19. The molecule has 0 spiro atoms. The maximum Gasteiger partial charge on any atom is 0.454 e. The van der Waals surface area contributed by atoms with Crippen LogP contribution in [-0.4, -0.2) is 16.9 Å². The number of alkyl halides is 3. The van der Waals surface area contributed by atoms with Crippen molar-refractivity contribution in [1.82, 2.24) is 4.98 Å². The lowest BCUT2D eigenvalue weighted by Crippen LogP contribution is -2.24. The van der Waals surface area contributed by atoms with Crippen molar-refractivity contribution in [2.24, 2.45) is 0 Å². The number of halogens is 3. The molecule has 0 radical (unpaired) electrons. The summed E-state index contributed by atoms with van der Waals surface area (Å²) in [7, 11) is 0. The summed E-state index contributed by atoms with van der Waals surface area (Å²) >= 11 is 2.42. The third kappa shape index (κ3) is 4.38. The number of nitrogens with zero attached hydrogens (tertiary/aromatic N) is 2. The molecular weight excluding hydrogens is 393 g/mol. The lowest BCUT2D eigenvalue weighted by Gasteiger charge is -2.12. The van der Waals surface area contributed by atoms with Gasteiger partial charge in [0.25, 0.3) is 5.78 Å². The molecule has 1 aromatic carbocycles. The largest absolute Gasteiger partial charge is 0.454 e. The minimum absolute atomic E-state index is 0.0520. The normalized spacial score (nSPS) is 11.2. The molecule has 0 aliphatic rings. The summed E-state index contributed by atoms with van der Waals surface area (Å²) in [6.45, 7) is 0. The molecule has 0 aliphatic heterocycles. The van der Waals surface area contributed by atoms with E-state index < -0.39 is 17.5 Å². The Hall–Kier alpha value is -2.63. The number of nitriles is 1. The summed E-state index contributed by atoms with van der Waals surface area (Å²) in [5.74, 6) is -1.51.